The van der Waals surface area contributed by atoms with Crippen LogP contribution in [0.15, 0.2) is 42.7 Å². The van der Waals surface area contributed by atoms with Crippen LogP contribution in [0.5, 0.6) is 5.75 Å². The highest BCUT2D eigenvalue weighted by Gasteiger charge is 2.41. The Kier molecular flexibility index (Phi) is 12.0. The van der Waals surface area contributed by atoms with E-state index in [9.17, 15) is 19.5 Å². The van der Waals surface area contributed by atoms with Gasteiger partial charge in [-0.15, -0.1) is 0 Å². The van der Waals surface area contributed by atoms with E-state index >= 15 is 0 Å². The van der Waals surface area contributed by atoms with Crippen molar-refractivity contribution in [1.29, 1.82) is 0 Å². The summed E-state index contributed by atoms with van der Waals surface area (Å²) in [4.78, 5) is 37.2. The first-order valence-electron chi connectivity index (χ1n) is 13.6. The number of aliphatic hydroxyl groups excluding tert-OH is 1. The average Bonchev–Trinajstić information content (AvgIpc) is 2.86. The molecule has 42 heavy (non-hydrogen) atoms. The first kappa shape index (κ1) is 34.6. The Morgan fingerprint density at radius 1 is 0.952 bits per heavy atom. The number of ether oxygens (including phenoxy) is 1. The summed E-state index contributed by atoms with van der Waals surface area (Å²) in [6, 6.07) is 10.8. The number of carbonyl (C=O) groups is 3. The van der Waals surface area contributed by atoms with Crippen molar-refractivity contribution in [3.8, 4) is 5.75 Å². The van der Waals surface area contributed by atoms with Crippen LogP contribution < -0.4 is 10.1 Å². The molecule has 12 heteroatoms. The number of piperidine rings is 1. The molecule has 2 heterocycles. The molecule has 0 atom stereocenters. The topological polar surface area (TPSA) is 190 Å². The fraction of sp³-hybridized carbons (Fsp3) is 0.533. The number of rotatable bonds is 12. The van der Waals surface area contributed by atoms with E-state index in [-0.39, 0.29) is 17.7 Å². The monoisotopic (exact) mass is 589 g/mol. The summed E-state index contributed by atoms with van der Waals surface area (Å²) < 4.78 is 5.37. The Bertz CT molecular complexity index is 1190. The maximum atomic E-state index is 10.3. The number of aromatic nitrogens is 1. The van der Waals surface area contributed by atoms with Crippen LogP contribution in [-0.4, -0.2) is 83.2 Å². The lowest BCUT2D eigenvalue weighted by Crippen LogP contribution is -2.62. The van der Waals surface area contributed by atoms with Gasteiger partial charge in [0.15, 0.2) is 5.60 Å². The van der Waals surface area contributed by atoms with Crippen molar-refractivity contribution in [2.45, 2.75) is 95.8 Å². The molecule has 1 fully saturated rings. The molecule has 1 aliphatic rings. The minimum absolute atomic E-state index is 0.0191. The molecular weight excluding hydrogens is 546 g/mol. The first-order valence-corrected chi connectivity index (χ1v) is 13.6. The lowest BCUT2D eigenvalue weighted by Gasteiger charge is -2.49. The number of benzene rings is 1. The zero-order chi connectivity index (χ0) is 31.7. The molecule has 0 bridgehead atoms. The van der Waals surface area contributed by atoms with E-state index < -0.39 is 36.4 Å². The van der Waals surface area contributed by atoms with Crippen LogP contribution in [0.3, 0.4) is 0 Å². The maximum absolute atomic E-state index is 10.3. The summed E-state index contributed by atoms with van der Waals surface area (Å²) in [6.45, 7) is 10.9. The summed E-state index contributed by atoms with van der Waals surface area (Å²) in [5, 5.41) is 47.3. The van der Waals surface area contributed by atoms with Crippen LogP contribution in [0.4, 0.5) is 0 Å². The molecule has 12 nitrogen and oxygen atoms in total. The Balaban J connectivity index is 0.000000401. The summed E-state index contributed by atoms with van der Waals surface area (Å²) in [5.74, 6) is -4.28. The van der Waals surface area contributed by atoms with Crippen molar-refractivity contribution in [3.05, 3.63) is 59.4 Å². The number of carboxylic acids is 3. The van der Waals surface area contributed by atoms with Crippen LogP contribution in [0, 0.1) is 0 Å². The second-order valence-corrected chi connectivity index (χ2v) is 12.0. The van der Waals surface area contributed by atoms with E-state index in [2.05, 4.69) is 67.2 Å². The number of methoxy groups -OCH3 is 1. The molecule has 3 rings (SSSR count). The van der Waals surface area contributed by atoms with Gasteiger partial charge < -0.3 is 35.6 Å². The quantitative estimate of drug-likeness (QED) is 0.213. The van der Waals surface area contributed by atoms with Crippen LogP contribution in [0.25, 0.3) is 0 Å². The molecule has 0 spiro atoms. The Hall–Kier alpha value is -3.58. The van der Waals surface area contributed by atoms with Crippen molar-refractivity contribution in [2.24, 2.45) is 0 Å². The third-order valence-electron chi connectivity index (χ3n) is 7.01. The third kappa shape index (κ3) is 10.7. The van der Waals surface area contributed by atoms with Gasteiger partial charge in [0.1, 0.15) is 5.75 Å². The van der Waals surface area contributed by atoms with Gasteiger partial charge in [-0.25, -0.2) is 4.79 Å². The summed E-state index contributed by atoms with van der Waals surface area (Å²) in [6.07, 6.45) is 3.61. The van der Waals surface area contributed by atoms with Gasteiger partial charge in [-0.2, -0.15) is 0 Å². The second kappa shape index (κ2) is 14.5. The van der Waals surface area contributed by atoms with Gasteiger partial charge in [0.2, 0.25) is 0 Å². The zero-order valence-corrected chi connectivity index (χ0v) is 24.8. The molecule has 0 aliphatic carbocycles. The van der Waals surface area contributed by atoms with E-state index in [1.807, 2.05) is 18.5 Å². The van der Waals surface area contributed by atoms with E-state index in [1.165, 1.54) is 11.1 Å². The number of pyridine rings is 1. The molecule has 1 saturated heterocycles. The predicted molar refractivity (Wildman–Crippen MR) is 154 cm³/mol. The fourth-order valence-corrected chi connectivity index (χ4v) is 5.57. The molecule has 1 aromatic carbocycles. The van der Waals surface area contributed by atoms with E-state index in [0.717, 1.165) is 37.2 Å². The molecule has 0 radical (unpaired) electrons. The first-order chi connectivity index (χ1) is 19.5. The van der Waals surface area contributed by atoms with Gasteiger partial charge >= 0.3 is 17.9 Å². The van der Waals surface area contributed by atoms with E-state index in [1.54, 1.807) is 7.11 Å². The van der Waals surface area contributed by atoms with Crippen molar-refractivity contribution >= 4 is 17.9 Å². The van der Waals surface area contributed by atoms with Crippen LogP contribution in [0.2, 0.25) is 0 Å². The molecule has 1 aliphatic heterocycles. The van der Waals surface area contributed by atoms with Crippen LogP contribution in [0.1, 0.15) is 70.1 Å². The highest BCUT2D eigenvalue weighted by Crippen LogP contribution is 2.33. The van der Waals surface area contributed by atoms with E-state index in [0.29, 0.717) is 6.04 Å². The number of hydrogen-bond donors (Lipinski definition) is 6. The molecule has 6 N–H and O–H groups in total. The number of hydrogen-bond acceptors (Lipinski definition) is 9. The number of nitrogens with one attached hydrogen (secondary N) is 1. The van der Waals surface area contributed by atoms with Gasteiger partial charge in [-0.3, -0.25) is 19.5 Å². The maximum Gasteiger partial charge on any atom is 0.336 e. The molecule has 232 valence electrons. The number of carboxylic acid groups (broad SMARTS) is 3. The van der Waals surface area contributed by atoms with Gasteiger partial charge in [0, 0.05) is 48.2 Å². The Morgan fingerprint density at radius 3 is 1.93 bits per heavy atom. The lowest BCUT2D eigenvalue weighted by molar-refractivity contribution is -0.170. The Labute approximate surface area is 246 Å². The van der Waals surface area contributed by atoms with Gasteiger partial charge in [0.05, 0.1) is 26.6 Å². The molecule has 2 aromatic rings. The minimum atomic E-state index is -2.74. The molecule has 1 aromatic heterocycles. The molecule has 0 saturated carbocycles. The highest BCUT2D eigenvalue weighted by molar-refractivity contribution is 5.88. The molecule has 0 amide bonds. The zero-order valence-electron chi connectivity index (χ0n) is 24.8. The minimum Gasteiger partial charge on any atom is -0.496 e. The summed E-state index contributed by atoms with van der Waals surface area (Å²) in [7, 11) is 1.64. The normalized spacial score (nSPS) is 16.3. The van der Waals surface area contributed by atoms with Gasteiger partial charge in [-0.1, -0.05) is 6.07 Å². The van der Waals surface area contributed by atoms with Crippen molar-refractivity contribution in [1.82, 2.24) is 15.2 Å². The summed E-state index contributed by atoms with van der Waals surface area (Å²) in [5.41, 5.74) is 0.721. The highest BCUT2D eigenvalue weighted by atomic mass is 16.5. The molecular formula is C30H43N3O9. The largest absolute Gasteiger partial charge is 0.496 e. The second-order valence-electron chi connectivity index (χ2n) is 12.0. The predicted octanol–water partition coefficient (Wildman–Crippen LogP) is 2.65. The molecule has 0 unspecified atom stereocenters. The van der Waals surface area contributed by atoms with Crippen LogP contribution in [-0.2, 0) is 34.1 Å². The number of nitrogens with zero attached hydrogens (tertiary/aromatic N) is 2. The van der Waals surface area contributed by atoms with Crippen molar-refractivity contribution in [3.63, 3.8) is 0 Å². The fourth-order valence-electron chi connectivity index (χ4n) is 5.57. The van der Waals surface area contributed by atoms with Gasteiger partial charge in [-0.05, 0) is 75.9 Å². The average molecular weight is 590 g/mol. The van der Waals surface area contributed by atoms with Crippen molar-refractivity contribution in [2.75, 3.05) is 7.11 Å². The lowest BCUT2D eigenvalue weighted by atomic mass is 9.78. The number of aliphatic hydroxyl groups is 2. The SMILES string of the molecule is COc1ccc(CN(Cc2ccncc2)C2CC(C)(C)NC(C)(C)C2)cc1CO.O=C(O)CC(O)(CC(=O)O)C(=O)O. The summed E-state index contributed by atoms with van der Waals surface area (Å²) >= 11 is 0. The Morgan fingerprint density at radius 2 is 1.48 bits per heavy atom. The smallest absolute Gasteiger partial charge is 0.336 e. The van der Waals surface area contributed by atoms with Crippen LogP contribution >= 0.6 is 0 Å². The van der Waals surface area contributed by atoms with Crippen molar-refractivity contribution < 1.29 is 44.7 Å². The van der Waals surface area contributed by atoms with E-state index in [4.69, 9.17) is 25.2 Å². The standard InChI is InChI=1S/C24H35N3O2.C6H8O7/c1-23(2)13-21(14-24(3,4)26-23)27(15-18-8-10-25-11-9-18)16-19-6-7-22(29-5)20(12-19)17-28;7-3(8)1-6(13,5(11)12)2-4(9)10/h6-12,21,26,28H,13-17H2,1-5H3;13H,1-2H2,(H,7,8)(H,9,10)(H,11,12). The van der Waals surface area contributed by atoms with Gasteiger partial charge in [0.25, 0.3) is 0 Å². The third-order valence-corrected chi connectivity index (χ3v) is 7.01. The number of aliphatic carboxylic acids is 3.